The number of rotatable bonds is 6. The molecule has 1 saturated heterocycles. The Kier molecular flexibility index (Phi) is 8.11. The van der Waals surface area contributed by atoms with Crippen molar-refractivity contribution in [2.24, 2.45) is 0 Å². The van der Waals surface area contributed by atoms with E-state index in [0.717, 1.165) is 46.4 Å². The zero-order valence-electron chi connectivity index (χ0n) is 22.9. The molecule has 3 aromatic rings. The van der Waals surface area contributed by atoms with Crippen LogP contribution in [0.3, 0.4) is 0 Å². The highest BCUT2D eigenvalue weighted by atomic mass is 35.5. The van der Waals surface area contributed by atoms with E-state index in [4.69, 9.17) is 21.6 Å². The third-order valence-electron chi connectivity index (χ3n) is 8.07. The Morgan fingerprint density at radius 1 is 1.23 bits per heavy atom. The minimum Gasteiger partial charge on any atom is -0.609 e. The maximum Gasteiger partial charge on any atom is 0.407 e. The molecule has 0 aliphatic carbocycles. The topological polar surface area (TPSA) is 120 Å². The number of hydrogen-bond donors (Lipinski definition) is 1. The fourth-order valence-electron chi connectivity index (χ4n) is 5.96. The van der Waals surface area contributed by atoms with Gasteiger partial charge in [-0.1, -0.05) is 35.9 Å². The molecule has 1 unspecified atom stereocenters. The molecule has 210 valence electrons. The van der Waals surface area contributed by atoms with E-state index in [-0.39, 0.29) is 18.0 Å². The van der Waals surface area contributed by atoms with Crippen LogP contribution in [0, 0.1) is 11.3 Å². The Bertz CT molecular complexity index is 1470. The maximum atomic E-state index is 12.6. The van der Waals surface area contributed by atoms with E-state index in [2.05, 4.69) is 47.9 Å². The second-order valence-electron chi connectivity index (χ2n) is 11.0. The van der Waals surface area contributed by atoms with Crippen molar-refractivity contribution < 1.29 is 14.5 Å². The third kappa shape index (κ3) is 5.56. The fraction of sp³-hybridized carbons (Fsp3) is 0.448. The fourth-order valence-corrected chi connectivity index (χ4v) is 6.72. The van der Waals surface area contributed by atoms with Crippen molar-refractivity contribution in [1.29, 1.82) is 5.26 Å². The highest BCUT2D eigenvalue weighted by Crippen LogP contribution is 2.36. The summed E-state index contributed by atoms with van der Waals surface area (Å²) in [7, 11) is 0. The van der Waals surface area contributed by atoms with Gasteiger partial charge >= 0.3 is 11.2 Å². The number of halogens is 1. The molecular weight excluding hydrogens is 548 g/mol. The molecule has 2 aliphatic rings. The van der Waals surface area contributed by atoms with Gasteiger partial charge in [0.2, 0.25) is 0 Å². The van der Waals surface area contributed by atoms with E-state index in [0.29, 0.717) is 42.8 Å². The quantitative estimate of drug-likeness (QED) is 0.335. The molecule has 1 fully saturated rings. The second-order valence-corrected chi connectivity index (χ2v) is 12.7. The van der Waals surface area contributed by atoms with Crippen molar-refractivity contribution in [2.45, 2.75) is 56.4 Å². The van der Waals surface area contributed by atoms with E-state index in [1.54, 1.807) is 6.26 Å². The monoisotopic (exact) mass is 580 g/mol. The van der Waals surface area contributed by atoms with Crippen molar-refractivity contribution in [2.75, 3.05) is 37.3 Å². The SMILES string of the molecule is C[S+]([O-])c1nc2c(c(CC(C)(C)N3CCN(C(=O)O)[C@@H](CC#N)C3)n1)CCN(c1cccc3cccc(Cl)c13)C2. The summed E-state index contributed by atoms with van der Waals surface area (Å²) in [5, 5.41) is 22.0. The van der Waals surface area contributed by atoms with E-state index >= 15 is 0 Å². The van der Waals surface area contributed by atoms with Gasteiger partial charge in [-0.3, -0.25) is 4.90 Å². The number of aromatic nitrogens is 2. The van der Waals surface area contributed by atoms with E-state index in [1.165, 1.54) is 4.90 Å². The van der Waals surface area contributed by atoms with Crippen molar-refractivity contribution in [1.82, 2.24) is 19.8 Å². The molecule has 0 radical (unpaired) electrons. The van der Waals surface area contributed by atoms with Crippen LogP contribution in [-0.2, 0) is 30.6 Å². The van der Waals surface area contributed by atoms with Gasteiger partial charge in [-0.25, -0.2) is 4.79 Å². The van der Waals surface area contributed by atoms with Crippen LogP contribution in [0.25, 0.3) is 10.8 Å². The Morgan fingerprint density at radius 3 is 2.67 bits per heavy atom. The molecular formula is C29H33ClN6O3S. The van der Waals surface area contributed by atoms with E-state index < -0.39 is 17.3 Å². The Hall–Kier alpha value is -3.10. The lowest BCUT2D eigenvalue weighted by Crippen LogP contribution is -2.60. The van der Waals surface area contributed by atoms with Gasteiger partial charge in [-0.15, -0.1) is 0 Å². The van der Waals surface area contributed by atoms with Crippen LogP contribution in [0.15, 0.2) is 41.6 Å². The van der Waals surface area contributed by atoms with Crippen LogP contribution in [0.1, 0.15) is 37.2 Å². The number of benzene rings is 2. The molecule has 5 rings (SSSR count). The Balaban J connectivity index is 1.45. The summed E-state index contributed by atoms with van der Waals surface area (Å²) in [5.41, 5.74) is 3.52. The molecule has 2 atom stereocenters. The predicted octanol–water partition coefficient (Wildman–Crippen LogP) is 4.48. The van der Waals surface area contributed by atoms with Crippen LogP contribution in [-0.4, -0.2) is 79.5 Å². The molecule has 0 saturated carbocycles. The first-order chi connectivity index (χ1) is 19.1. The summed E-state index contributed by atoms with van der Waals surface area (Å²) in [4.78, 5) is 27.1. The first kappa shape index (κ1) is 28.4. The minimum absolute atomic E-state index is 0.148. The predicted molar refractivity (Wildman–Crippen MR) is 156 cm³/mol. The van der Waals surface area contributed by atoms with Gasteiger partial charge < -0.3 is 19.5 Å². The standard InChI is InChI=1S/C29H33ClN6O3S/c1-29(2,35-14-15-36(28(37)38)20(17-35)10-12-31)16-23-21-11-13-34(18-24(21)33-27(32-23)40(3)39)25-9-5-7-19-6-4-8-22(30)26(19)25/h4-9,20H,10-11,13-18H2,1-3H3,(H,37,38)/t20-,40?/m0/s1. The van der Waals surface area contributed by atoms with Gasteiger partial charge in [-0.05, 0) is 43.4 Å². The zero-order chi connectivity index (χ0) is 28.6. The number of nitriles is 1. The van der Waals surface area contributed by atoms with Gasteiger partial charge in [-0.2, -0.15) is 15.2 Å². The molecule has 9 nitrogen and oxygen atoms in total. The van der Waals surface area contributed by atoms with Crippen LogP contribution in [0.5, 0.6) is 0 Å². The second kappa shape index (κ2) is 11.4. The first-order valence-corrected chi connectivity index (χ1v) is 15.3. The summed E-state index contributed by atoms with van der Waals surface area (Å²) in [6.45, 7) is 6.96. The summed E-state index contributed by atoms with van der Waals surface area (Å²) in [6.07, 6.45) is 2.08. The van der Waals surface area contributed by atoms with Crippen molar-refractivity contribution >= 4 is 45.3 Å². The largest absolute Gasteiger partial charge is 0.609 e. The molecule has 1 aromatic heterocycles. The maximum absolute atomic E-state index is 12.6. The molecule has 2 aromatic carbocycles. The molecule has 0 bridgehead atoms. The van der Waals surface area contributed by atoms with E-state index in [9.17, 15) is 19.7 Å². The van der Waals surface area contributed by atoms with Gasteiger partial charge in [0.05, 0.1) is 41.5 Å². The number of carbonyl (C=O) groups is 1. The van der Waals surface area contributed by atoms with Gasteiger partial charge in [0.1, 0.15) is 6.26 Å². The number of carboxylic acid groups (broad SMARTS) is 1. The molecule has 3 heterocycles. The highest BCUT2D eigenvalue weighted by molar-refractivity contribution is 7.90. The van der Waals surface area contributed by atoms with Crippen molar-refractivity contribution in [3.8, 4) is 6.07 Å². The third-order valence-corrected chi connectivity index (χ3v) is 9.08. The molecule has 0 spiro atoms. The van der Waals surface area contributed by atoms with Gasteiger partial charge in [0.25, 0.3) is 0 Å². The smallest absolute Gasteiger partial charge is 0.407 e. The zero-order valence-corrected chi connectivity index (χ0v) is 24.5. The molecule has 1 amide bonds. The van der Waals surface area contributed by atoms with Crippen molar-refractivity contribution in [3.05, 3.63) is 58.4 Å². The molecule has 1 N–H and O–H groups in total. The van der Waals surface area contributed by atoms with Crippen LogP contribution >= 0.6 is 11.6 Å². The summed E-state index contributed by atoms with van der Waals surface area (Å²) >= 11 is 5.27. The summed E-state index contributed by atoms with van der Waals surface area (Å²) in [5.74, 6) is 0. The van der Waals surface area contributed by atoms with Crippen LogP contribution in [0.4, 0.5) is 10.5 Å². The Labute approximate surface area is 242 Å². The minimum atomic E-state index is -1.35. The molecule has 40 heavy (non-hydrogen) atoms. The highest BCUT2D eigenvalue weighted by Gasteiger charge is 2.38. The lowest BCUT2D eigenvalue weighted by molar-refractivity contribution is 0.0197. The number of fused-ring (bicyclic) bond motifs is 2. The Morgan fingerprint density at radius 2 is 1.98 bits per heavy atom. The average molecular weight is 581 g/mol. The molecule has 2 aliphatic heterocycles. The first-order valence-electron chi connectivity index (χ1n) is 13.3. The number of anilines is 1. The van der Waals surface area contributed by atoms with Crippen molar-refractivity contribution in [3.63, 3.8) is 0 Å². The lowest BCUT2D eigenvalue weighted by atomic mass is 9.89. The average Bonchev–Trinajstić information content (AvgIpc) is 2.92. The number of hydrogen-bond acceptors (Lipinski definition) is 7. The van der Waals surface area contributed by atoms with Crippen LogP contribution < -0.4 is 4.90 Å². The summed E-state index contributed by atoms with van der Waals surface area (Å²) in [6, 6.07) is 13.8. The van der Waals surface area contributed by atoms with E-state index in [1.807, 2.05) is 18.2 Å². The van der Waals surface area contributed by atoms with Gasteiger partial charge in [0.15, 0.2) is 0 Å². The number of amides is 1. The van der Waals surface area contributed by atoms with Crippen LogP contribution in [0.2, 0.25) is 5.02 Å². The summed E-state index contributed by atoms with van der Waals surface area (Å²) < 4.78 is 12.6. The molecule has 11 heteroatoms. The lowest BCUT2D eigenvalue weighted by Gasteiger charge is -2.47. The number of nitrogens with zero attached hydrogens (tertiary/aromatic N) is 6. The normalized spacial score (nSPS) is 18.9. The van der Waals surface area contributed by atoms with Gasteiger partial charge in [0, 0.05) is 60.4 Å². The number of piperazine rings is 1.